The van der Waals surface area contributed by atoms with Crippen molar-refractivity contribution in [2.24, 2.45) is 5.73 Å². The molecule has 5 nitrogen and oxygen atoms in total. The van der Waals surface area contributed by atoms with Crippen molar-refractivity contribution in [2.75, 3.05) is 13.2 Å². The zero-order chi connectivity index (χ0) is 11.7. The number of ether oxygens (including phenoxy) is 2. The first-order valence-electron chi connectivity index (χ1n) is 5.19. The largest absolute Gasteiger partial charge is 0.466 e. The summed E-state index contributed by atoms with van der Waals surface area (Å²) in [7, 11) is 0. The third kappa shape index (κ3) is 6.90. The van der Waals surface area contributed by atoms with E-state index in [2.05, 4.69) is 0 Å². The number of esters is 2. The van der Waals surface area contributed by atoms with Gasteiger partial charge in [0.1, 0.15) is 6.04 Å². The molecule has 0 unspecified atom stereocenters. The number of carbonyl (C=O) groups excluding carboxylic acids is 2. The van der Waals surface area contributed by atoms with Gasteiger partial charge in [-0.1, -0.05) is 0 Å². The fourth-order valence-corrected chi connectivity index (χ4v) is 1.07. The van der Waals surface area contributed by atoms with Gasteiger partial charge in [0.25, 0.3) is 0 Å². The minimum atomic E-state index is -0.639. The van der Waals surface area contributed by atoms with Crippen molar-refractivity contribution in [3.63, 3.8) is 0 Å². The second-order valence-electron chi connectivity index (χ2n) is 3.06. The Labute approximate surface area is 89.9 Å². The molecule has 0 aromatic rings. The van der Waals surface area contributed by atoms with Gasteiger partial charge in [-0.05, 0) is 26.7 Å². The van der Waals surface area contributed by atoms with Crippen LogP contribution in [0, 0.1) is 0 Å². The van der Waals surface area contributed by atoms with Crippen LogP contribution in [0.4, 0.5) is 0 Å². The molecule has 0 spiro atoms. The Bertz CT molecular complexity index is 206. The number of hydrogen-bond donors (Lipinski definition) is 1. The van der Waals surface area contributed by atoms with Crippen molar-refractivity contribution in [3.05, 3.63) is 0 Å². The van der Waals surface area contributed by atoms with Crippen molar-refractivity contribution in [2.45, 2.75) is 39.2 Å². The van der Waals surface area contributed by atoms with Crippen LogP contribution in [0.15, 0.2) is 0 Å². The Balaban J connectivity index is 3.58. The SMILES string of the molecule is CCOC(=O)CCC[C@@H](N)C(=O)OCC. The molecule has 2 N–H and O–H groups in total. The first-order valence-corrected chi connectivity index (χ1v) is 5.19. The summed E-state index contributed by atoms with van der Waals surface area (Å²) >= 11 is 0. The molecule has 0 saturated carbocycles. The molecule has 5 heteroatoms. The van der Waals surface area contributed by atoms with Gasteiger partial charge in [0.05, 0.1) is 13.2 Å². The van der Waals surface area contributed by atoms with Crippen LogP contribution in [0.25, 0.3) is 0 Å². The van der Waals surface area contributed by atoms with Gasteiger partial charge in [-0.25, -0.2) is 0 Å². The molecule has 0 fully saturated rings. The highest BCUT2D eigenvalue weighted by molar-refractivity contribution is 5.75. The Morgan fingerprint density at radius 1 is 1.20 bits per heavy atom. The topological polar surface area (TPSA) is 78.6 Å². The van der Waals surface area contributed by atoms with Crippen LogP contribution < -0.4 is 5.73 Å². The molecule has 88 valence electrons. The summed E-state index contributed by atoms with van der Waals surface area (Å²) in [4.78, 5) is 22.0. The van der Waals surface area contributed by atoms with Crippen molar-refractivity contribution < 1.29 is 19.1 Å². The highest BCUT2D eigenvalue weighted by atomic mass is 16.5. The van der Waals surface area contributed by atoms with Gasteiger partial charge >= 0.3 is 11.9 Å². The predicted octanol–water partition coefficient (Wildman–Crippen LogP) is 0.610. The molecule has 0 aliphatic heterocycles. The molecule has 0 aromatic heterocycles. The molecule has 0 bridgehead atoms. The molecule has 15 heavy (non-hydrogen) atoms. The molecule has 0 aromatic carbocycles. The smallest absolute Gasteiger partial charge is 0.322 e. The van der Waals surface area contributed by atoms with Crippen LogP contribution in [0.1, 0.15) is 33.1 Å². The summed E-state index contributed by atoms with van der Waals surface area (Å²) in [6.07, 6.45) is 1.28. The molecule has 1 atom stereocenters. The third-order valence-corrected chi connectivity index (χ3v) is 1.79. The summed E-state index contributed by atoms with van der Waals surface area (Å²) < 4.78 is 9.46. The average Bonchev–Trinajstić information content (AvgIpc) is 2.18. The number of hydrogen-bond acceptors (Lipinski definition) is 5. The maximum absolute atomic E-state index is 11.1. The van der Waals surface area contributed by atoms with Gasteiger partial charge in [-0.3, -0.25) is 9.59 Å². The first-order chi connectivity index (χ1) is 7.11. The second-order valence-corrected chi connectivity index (χ2v) is 3.06. The van der Waals surface area contributed by atoms with Gasteiger partial charge in [0, 0.05) is 6.42 Å². The molecular weight excluding hydrogens is 198 g/mol. The summed E-state index contributed by atoms with van der Waals surface area (Å²) in [6.45, 7) is 4.18. The van der Waals surface area contributed by atoms with Crippen molar-refractivity contribution in [3.8, 4) is 0 Å². The van der Waals surface area contributed by atoms with Crippen molar-refractivity contribution >= 4 is 11.9 Å². The minimum Gasteiger partial charge on any atom is -0.466 e. The van der Waals surface area contributed by atoms with E-state index in [1.165, 1.54) is 0 Å². The zero-order valence-electron chi connectivity index (χ0n) is 9.32. The molecule has 0 aliphatic rings. The summed E-state index contributed by atoms with van der Waals surface area (Å²) in [6, 6.07) is -0.639. The Kier molecular flexibility index (Phi) is 7.62. The van der Waals surface area contributed by atoms with Crippen molar-refractivity contribution in [1.29, 1.82) is 0 Å². The Hall–Kier alpha value is -1.10. The van der Waals surface area contributed by atoms with Crippen LogP contribution in [-0.2, 0) is 19.1 Å². The molecule has 0 radical (unpaired) electrons. The predicted molar refractivity (Wildman–Crippen MR) is 55.1 cm³/mol. The number of carbonyl (C=O) groups is 2. The lowest BCUT2D eigenvalue weighted by atomic mass is 10.1. The van der Waals surface area contributed by atoms with Crippen LogP contribution in [0.5, 0.6) is 0 Å². The molecule has 0 saturated heterocycles. The summed E-state index contributed by atoms with van der Waals surface area (Å²) in [5, 5.41) is 0. The van der Waals surface area contributed by atoms with Gasteiger partial charge in [0.2, 0.25) is 0 Å². The monoisotopic (exact) mass is 217 g/mol. The Morgan fingerprint density at radius 2 is 1.80 bits per heavy atom. The number of nitrogens with two attached hydrogens (primary N) is 1. The van der Waals surface area contributed by atoms with Crippen LogP contribution in [0.3, 0.4) is 0 Å². The quantitative estimate of drug-likeness (QED) is 0.632. The van der Waals surface area contributed by atoms with E-state index < -0.39 is 12.0 Å². The lowest BCUT2D eigenvalue weighted by Gasteiger charge is -2.09. The van der Waals surface area contributed by atoms with Gasteiger partial charge in [-0.15, -0.1) is 0 Å². The fraction of sp³-hybridized carbons (Fsp3) is 0.800. The zero-order valence-corrected chi connectivity index (χ0v) is 9.32. The molecule has 0 rings (SSSR count). The average molecular weight is 217 g/mol. The first kappa shape index (κ1) is 13.9. The normalized spacial score (nSPS) is 11.9. The molecule has 0 amide bonds. The summed E-state index contributed by atoms with van der Waals surface area (Å²) in [5.74, 6) is -0.671. The van der Waals surface area contributed by atoms with E-state index in [1.807, 2.05) is 0 Å². The minimum absolute atomic E-state index is 0.256. The molecular formula is C10H19NO4. The lowest BCUT2D eigenvalue weighted by molar-refractivity contribution is -0.146. The van der Waals surface area contributed by atoms with Crippen molar-refractivity contribution in [1.82, 2.24) is 0 Å². The summed E-state index contributed by atoms with van der Waals surface area (Å²) in [5.41, 5.74) is 5.54. The van der Waals surface area contributed by atoms with Crippen LogP contribution in [-0.4, -0.2) is 31.2 Å². The van der Waals surface area contributed by atoms with E-state index in [-0.39, 0.29) is 5.97 Å². The highest BCUT2D eigenvalue weighted by Crippen LogP contribution is 2.02. The van der Waals surface area contributed by atoms with E-state index >= 15 is 0 Å². The second kappa shape index (κ2) is 8.23. The van der Waals surface area contributed by atoms with E-state index in [9.17, 15) is 9.59 Å². The lowest BCUT2D eigenvalue weighted by Crippen LogP contribution is -2.32. The maximum atomic E-state index is 11.1. The maximum Gasteiger partial charge on any atom is 0.322 e. The van der Waals surface area contributed by atoms with E-state index in [0.717, 1.165) is 0 Å². The number of rotatable bonds is 7. The van der Waals surface area contributed by atoms with E-state index in [1.54, 1.807) is 13.8 Å². The van der Waals surface area contributed by atoms with Gasteiger partial charge in [0.15, 0.2) is 0 Å². The van der Waals surface area contributed by atoms with E-state index in [0.29, 0.717) is 32.5 Å². The molecule has 0 aliphatic carbocycles. The standard InChI is InChI=1S/C10H19NO4/c1-3-14-9(12)7-5-6-8(11)10(13)15-4-2/h8H,3-7,11H2,1-2H3/t8-/m1/s1. The fourth-order valence-electron chi connectivity index (χ4n) is 1.07. The van der Waals surface area contributed by atoms with Crippen LogP contribution >= 0.6 is 0 Å². The molecule has 0 heterocycles. The van der Waals surface area contributed by atoms with Crippen LogP contribution in [0.2, 0.25) is 0 Å². The van der Waals surface area contributed by atoms with Gasteiger partial charge < -0.3 is 15.2 Å². The Morgan fingerprint density at radius 3 is 2.33 bits per heavy atom. The van der Waals surface area contributed by atoms with Gasteiger partial charge in [-0.2, -0.15) is 0 Å². The highest BCUT2D eigenvalue weighted by Gasteiger charge is 2.14. The van der Waals surface area contributed by atoms with E-state index in [4.69, 9.17) is 15.2 Å². The third-order valence-electron chi connectivity index (χ3n) is 1.79.